The summed E-state index contributed by atoms with van der Waals surface area (Å²) in [4.78, 5) is 23.4. The summed E-state index contributed by atoms with van der Waals surface area (Å²) in [6, 6.07) is 7.28. The van der Waals surface area contributed by atoms with Gasteiger partial charge < -0.3 is 10.6 Å². The second-order valence-corrected chi connectivity index (χ2v) is 5.73. The minimum atomic E-state index is -0.587. The summed E-state index contributed by atoms with van der Waals surface area (Å²) in [6.45, 7) is 3.30. The van der Waals surface area contributed by atoms with Crippen molar-refractivity contribution in [3.63, 3.8) is 0 Å². The largest absolute Gasteiger partial charge is 0.344 e. The van der Waals surface area contributed by atoms with Crippen LogP contribution < -0.4 is 10.6 Å². The second-order valence-electron chi connectivity index (χ2n) is 4.48. The van der Waals surface area contributed by atoms with Gasteiger partial charge in [0, 0.05) is 23.1 Å². The van der Waals surface area contributed by atoms with E-state index < -0.39 is 6.04 Å². The Labute approximate surface area is 138 Å². The predicted molar refractivity (Wildman–Crippen MR) is 92.6 cm³/mol. The van der Waals surface area contributed by atoms with E-state index in [0.29, 0.717) is 6.42 Å². The first kappa shape index (κ1) is 17.4. The molecule has 21 heavy (non-hydrogen) atoms. The SMILES string of the molecule is C/C=C/C=C/NC(=O)C(Cc1cccc(I)c1)NC(C)=O. The fraction of sp³-hybridized carbons (Fsp3) is 0.250. The highest BCUT2D eigenvalue weighted by molar-refractivity contribution is 14.1. The van der Waals surface area contributed by atoms with Crippen molar-refractivity contribution in [3.05, 3.63) is 57.8 Å². The molecule has 1 aromatic carbocycles. The monoisotopic (exact) mass is 398 g/mol. The summed E-state index contributed by atoms with van der Waals surface area (Å²) in [5.41, 5.74) is 1.01. The van der Waals surface area contributed by atoms with Crippen LogP contribution in [0.15, 0.2) is 48.7 Å². The van der Waals surface area contributed by atoms with Crippen molar-refractivity contribution in [2.45, 2.75) is 26.3 Å². The summed E-state index contributed by atoms with van der Waals surface area (Å²) in [6.07, 6.45) is 7.42. The normalized spacial score (nSPS) is 12.5. The molecule has 2 amide bonds. The maximum absolute atomic E-state index is 12.1. The lowest BCUT2D eigenvalue weighted by Crippen LogP contribution is -2.46. The number of hydrogen-bond acceptors (Lipinski definition) is 2. The average molecular weight is 398 g/mol. The number of carbonyl (C=O) groups excluding carboxylic acids is 2. The third-order valence-corrected chi connectivity index (χ3v) is 3.32. The molecule has 0 aliphatic carbocycles. The van der Waals surface area contributed by atoms with Gasteiger partial charge in [0.15, 0.2) is 0 Å². The van der Waals surface area contributed by atoms with E-state index in [4.69, 9.17) is 0 Å². The van der Waals surface area contributed by atoms with Crippen molar-refractivity contribution >= 4 is 34.4 Å². The number of amides is 2. The van der Waals surface area contributed by atoms with Gasteiger partial charge in [-0.05, 0) is 53.3 Å². The molecule has 1 aromatic rings. The van der Waals surface area contributed by atoms with Gasteiger partial charge in [0.1, 0.15) is 6.04 Å². The molecule has 0 radical (unpaired) electrons. The quantitative estimate of drug-likeness (QED) is 0.572. The molecule has 0 aliphatic heterocycles. The Morgan fingerprint density at radius 3 is 2.71 bits per heavy atom. The van der Waals surface area contributed by atoms with Gasteiger partial charge in [-0.25, -0.2) is 0 Å². The topological polar surface area (TPSA) is 58.2 Å². The first-order chi connectivity index (χ1) is 10.0. The summed E-state index contributed by atoms with van der Waals surface area (Å²) < 4.78 is 1.10. The summed E-state index contributed by atoms with van der Waals surface area (Å²) in [7, 11) is 0. The van der Waals surface area contributed by atoms with Gasteiger partial charge in [0.05, 0.1) is 0 Å². The molecule has 0 saturated heterocycles. The molecule has 0 bridgehead atoms. The molecular formula is C16H19IN2O2. The number of allylic oxidation sites excluding steroid dienone is 3. The number of hydrogen-bond donors (Lipinski definition) is 2. The smallest absolute Gasteiger partial charge is 0.246 e. The average Bonchev–Trinajstić information content (AvgIpc) is 2.42. The van der Waals surface area contributed by atoms with E-state index in [1.54, 1.807) is 12.3 Å². The minimum Gasteiger partial charge on any atom is -0.344 e. The molecule has 1 rings (SSSR count). The predicted octanol–water partition coefficient (Wildman–Crippen LogP) is 2.54. The lowest BCUT2D eigenvalue weighted by Gasteiger charge is -2.16. The van der Waals surface area contributed by atoms with Crippen LogP contribution >= 0.6 is 22.6 Å². The van der Waals surface area contributed by atoms with Gasteiger partial charge in [-0.2, -0.15) is 0 Å². The van der Waals surface area contributed by atoms with Crippen LogP contribution in [0.3, 0.4) is 0 Å². The molecule has 0 fully saturated rings. The van der Waals surface area contributed by atoms with Gasteiger partial charge in [-0.3, -0.25) is 9.59 Å². The number of rotatable bonds is 6. The molecule has 112 valence electrons. The highest BCUT2D eigenvalue weighted by Gasteiger charge is 2.19. The third kappa shape index (κ3) is 7.08. The zero-order valence-electron chi connectivity index (χ0n) is 12.1. The highest BCUT2D eigenvalue weighted by atomic mass is 127. The fourth-order valence-corrected chi connectivity index (χ4v) is 2.36. The molecule has 1 atom stereocenters. The van der Waals surface area contributed by atoms with E-state index in [0.717, 1.165) is 9.13 Å². The van der Waals surface area contributed by atoms with E-state index in [1.165, 1.54) is 6.92 Å². The molecule has 2 N–H and O–H groups in total. The Bertz CT molecular complexity index is 553. The lowest BCUT2D eigenvalue weighted by atomic mass is 10.1. The minimum absolute atomic E-state index is 0.224. The van der Waals surface area contributed by atoms with Crippen LogP contribution in [-0.2, 0) is 16.0 Å². The second kappa shape index (κ2) is 9.33. The molecule has 0 spiro atoms. The summed E-state index contributed by atoms with van der Waals surface area (Å²) in [5.74, 6) is -0.456. The summed E-state index contributed by atoms with van der Waals surface area (Å²) >= 11 is 2.22. The maximum Gasteiger partial charge on any atom is 0.246 e. The molecule has 0 aromatic heterocycles. The standard InChI is InChI=1S/C16H19IN2O2/c1-3-4-5-9-18-16(21)15(19-12(2)20)11-13-7-6-8-14(17)10-13/h3-10,15H,11H2,1-2H3,(H,18,21)(H,19,20)/b4-3+,9-5+. The van der Waals surface area contributed by atoms with Gasteiger partial charge in [0.2, 0.25) is 11.8 Å². The Hall–Kier alpha value is -1.63. The Morgan fingerprint density at radius 2 is 2.10 bits per heavy atom. The Kier molecular flexibility index (Phi) is 7.74. The Balaban J connectivity index is 2.75. The van der Waals surface area contributed by atoms with Crippen molar-refractivity contribution in [2.75, 3.05) is 0 Å². The van der Waals surface area contributed by atoms with Gasteiger partial charge in [0.25, 0.3) is 0 Å². The van der Waals surface area contributed by atoms with Crippen LogP contribution in [0, 0.1) is 3.57 Å². The van der Waals surface area contributed by atoms with Gasteiger partial charge in [-0.15, -0.1) is 0 Å². The molecule has 1 unspecified atom stereocenters. The third-order valence-electron chi connectivity index (χ3n) is 2.65. The highest BCUT2D eigenvalue weighted by Crippen LogP contribution is 2.10. The number of nitrogens with one attached hydrogen (secondary N) is 2. The Morgan fingerprint density at radius 1 is 1.33 bits per heavy atom. The molecule has 0 aliphatic rings. The number of benzene rings is 1. The number of carbonyl (C=O) groups is 2. The van der Waals surface area contributed by atoms with Crippen LogP contribution in [0.1, 0.15) is 19.4 Å². The van der Waals surface area contributed by atoms with Crippen molar-refractivity contribution in [2.24, 2.45) is 0 Å². The van der Waals surface area contributed by atoms with E-state index in [2.05, 4.69) is 33.2 Å². The van der Waals surface area contributed by atoms with E-state index in [1.807, 2.05) is 43.3 Å². The molecular weight excluding hydrogens is 379 g/mol. The van der Waals surface area contributed by atoms with Crippen molar-refractivity contribution in [1.29, 1.82) is 0 Å². The van der Waals surface area contributed by atoms with E-state index in [9.17, 15) is 9.59 Å². The van der Waals surface area contributed by atoms with Crippen molar-refractivity contribution in [1.82, 2.24) is 10.6 Å². The summed E-state index contributed by atoms with van der Waals surface area (Å²) in [5, 5.41) is 5.35. The zero-order chi connectivity index (χ0) is 15.7. The molecule has 0 heterocycles. The van der Waals surface area contributed by atoms with Crippen LogP contribution in [0.5, 0.6) is 0 Å². The van der Waals surface area contributed by atoms with Crippen molar-refractivity contribution in [3.8, 4) is 0 Å². The first-order valence-corrected chi connectivity index (χ1v) is 7.70. The molecule has 0 saturated carbocycles. The lowest BCUT2D eigenvalue weighted by molar-refractivity contribution is -0.127. The van der Waals surface area contributed by atoms with Crippen LogP contribution in [0.2, 0.25) is 0 Å². The van der Waals surface area contributed by atoms with Gasteiger partial charge in [-0.1, -0.05) is 24.3 Å². The molecule has 5 heteroatoms. The fourth-order valence-electron chi connectivity index (χ4n) is 1.75. The van der Waals surface area contributed by atoms with Gasteiger partial charge >= 0.3 is 0 Å². The van der Waals surface area contributed by atoms with Crippen LogP contribution in [-0.4, -0.2) is 17.9 Å². The van der Waals surface area contributed by atoms with Crippen molar-refractivity contribution < 1.29 is 9.59 Å². The number of halogens is 1. The van der Waals surface area contributed by atoms with E-state index in [-0.39, 0.29) is 11.8 Å². The van der Waals surface area contributed by atoms with E-state index >= 15 is 0 Å². The maximum atomic E-state index is 12.1. The van der Waals surface area contributed by atoms with Crippen LogP contribution in [0.25, 0.3) is 0 Å². The van der Waals surface area contributed by atoms with Crippen LogP contribution in [0.4, 0.5) is 0 Å². The molecule has 4 nitrogen and oxygen atoms in total. The zero-order valence-corrected chi connectivity index (χ0v) is 14.3. The first-order valence-electron chi connectivity index (χ1n) is 6.62.